The van der Waals surface area contributed by atoms with Gasteiger partial charge in [-0.1, -0.05) is 42.5 Å². The Bertz CT molecular complexity index is 858. The molecule has 3 nitrogen and oxygen atoms in total. The summed E-state index contributed by atoms with van der Waals surface area (Å²) in [4.78, 5) is 7.72. The molecule has 3 N–H and O–H groups in total. The van der Waals surface area contributed by atoms with Crippen LogP contribution >= 0.6 is 12.2 Å². The van der Waals surface area contributed by atoms with E-state index in [1.165, 1.54) is 0 Å². The first-order valence-corrected chi connectivity index (χ1v) is 7.60. The van der Waals surface area contributed by atoms with Crippen molar-refractivity contribution in [3.8, 4) is 11.1 Å². The van der Waals surface area contributed by atoms with Crippen LogP contribution in [0.1, 0.15) is 17.5 Å². The molecule has 23 heavy (non-hydrogen) atoms. The van der Waals surface area contributed by atoms with Crippen molar-refractivity contribution in [1.82, 2.24) is 9.97 Å². The Balaban J connectivity index is 2.06. The van der Waals surface area contributed by atoms with E-state index in [1.54, 1.807) is 6.33 Å². The van der Waals surface area contributed by atoms with Crippen molar-refractivity contribution in [2.45, 2.75) is 19.3 Å². The third-order valence-corrected chi connectivity index (χ3v) is 3.99. The number of halogens is 2. The number of nitrogens with two attached hydrogens (primary N) is 1. The molecular formula is C17H15F2N3S. The third-order valence-electron chi connectivity index (χ3n) is 3.75. The Morgan fingerprint density at radius 3 is 2.83 bits per heavy atom. The van der Waals surface area contributed by atoms with Gasteiger partial charge in [-0.25, -0.2) is 13.8 Å². The number of aryl methyl sites for hydroxylation is 1. The summed E-state index contributed by atoms with van der Waals surface area (Å²) in [6, 6.07) is 11.4. The zero-order valence-corrected chi connectivity index (χ0v) is 13.0. The topological polar surface area (TPSA) is 54.7 Å². The van der Waals surface area contributed by atoms with Gasteiger partial charge in [0.1, 0.15) is 4.99 Å². The number of aromatic amines is 1. The molecule has 0 unspecified atom stereocenters. The lowest BCUT2D eigenvalue weighted by Gasteiger charge is -2.09. The van der Waals surface area contributed by atoms with Crippen molar-refractivity contribution in [3.05, 3.63) is 53.9 Å². The molecule has 6 heteroatoms. The van der Waals surface area contributed by atoms with E-state index in [0.29, 0.717) is 11.4 Å². The smallest absolute Gasteiger partial charge is 0.239 e. The summed E-state index contributed by atoms with van der Waals surface area (Å²) in [5, 5.41) is 0. The lowest BCUT2D eigenvalue weighted by atomic mass is 9.98. The Hall–Kier alpha value is -2.34. The maximum atomic E-state index is 12.5. The van der Waals surface area contributed by atoms with E-state index in [0.717, 1.165) is 33.3 Å². The number of nitrogens with zero attached hydrogens (tertiary/aromatic N) is 1. The van der Waals surface area contributed by atoms with E-state index >= 15 is 0 Å². The van der Waals surface area contributed by atoms with Crippen LogP contribution in [0.25, 0.3) is 22.2 Å². The van der Waals surface area contributed by atoms with Crippen molar-refractivity contribution in [2.24, 2.45) is 5.73 Å². The molecule has 0 saturated carbocycles. The van der Waals surface area contributed by atoms with Gasteiger partial charge in [0, 0.05) is 17.5 Å². The zero-order chi connectivity index (χ0) is 16.4. The molecule has 0 radical (unpaired) electrons. The van der Waals surface area contributed by atoms with Gasteiger partial charge in [0.05, 0.1) is 17.4 Å². The molecule has 0 aliphatic carbocycles. The van der Waals surface area contributed by atoms with Gasteiger partial charge in [-0.15, -0.1) is 0 Å². The molecule has 0 bridgehead atoms. The molecule has 1 aromatic heterocycles. The largest absolute Gasteiger partial charge is 0.389 e. The number of benzene rings is 2. The quantitative estimate of drug-likeness (QED) is 0.693. The maximum Gasteiger partial charge on any atom is 0.239 e. The van der Waals surface area contributed by atoms with E-state index in [-0.39, 0.29) is 6.42 Å². The number of alkyl halides is 2. The second-order valence-electron chi connectivity index (χ2n) is 5.27. The third kappa shape index (κ3) is 3.22. The van der Waals surface area contributed by atoms with Crippen LogP contribution in [-0.4, -0.2) is 21.4 Å². The monoisotopic (exact) mass is 331 g/mol. The van der Waals surface area contributed by atoms with Crippen molar-refractivity contribution < 1.29 is 8.78 Å². The molecule has 0 atom stereocenters. The summed E-state index contributed by atoms with van der Waals surface area (Å²) < 4.78 is 24.9. The number of hydrogen-bond acceptors (Lipinski definition) is 2. The normalized spacial score (nSPS) is 11.3. The molecule has 3 rings (SSSR count). The minimum atomic E-state index is -2.31. The number of thiocarbonyl (C=S) groups is 1. The standard InChI is InChI=1S/C17H15F2N3S/c18-14(19)7-5-10-4-6-13(16-15(10)21-9-22-16)11-2-1-3-12(8-11)17(20)23/h1-4,6,8-9,14H,5,7H2,(H2,20,23)(H,21,22). The first-order chi connectivity index (χ1) is 11.1. The Labute approximate surface area is 137 Å². The highest BCUT2D eigenvalue weighted by Gasteiger charge is 2.12. The summed E-state index contributed by atoms with van der Waals surface area (Å²) in [7, 11) is 0. The molecule has 1 heterocycles. The number of aromatic nitrogens is 2. The molecule has 0 spiro atoms. The first-order valence-electron chi connectivity index (χ1n) is 7.19. The van der Waals surface area contributed by atoms with Crippen LogP contribution in [0.2, 0.25) is 0 Å². The van der Waals surface area contributed by atoms with Gasteiger partial charge in [-0.3, -0.25) is 0 Å². The molecular weight excluding hydrogens is 316 g/mol. The number of imidazole rings is 1. The van der Waals surface area contributed by atoms with Crippen molar-refractivity contribution in [3.63, 3.8) is 0 Å². The van der Waals surface area contributed by atoms with Crippen LogP contribution in [0.5, 0.6) is 0 Å². The Morgan fingerprint density at radius 1 is 1.26 bits per heavy atom. The molecule has 2 aromatic carbocycles. The van der Waals surface area contributed by atoms with Crippen molar-refractivity contribution >= 4 is 28.2 Å². The lowest BCUT2D eigenvalue weighted by Crippen LogP contribution is -2.08. The fraction of sp³-hybridized carbons (Fsp3) is 0.176. The van der Waals surface area contributed by atoms with E-state index < -0.39 is 6.43 Å². The van der Waals surface area contributed by atoms with Crippen LogP contribution in [0, 0.1) is 0 Å². The molecule has 0 aliphatic heterocycles. The van der Waals surface area contributed by atoms with Crippen molar-refractivity contribution in [1.29, 1.82) is 0 Å². The predicted molar refractivity (Wildman–Crippen MR) is 91.7 cm³/mol. The molecule has 118 valence electrons. The van der Waals surface area contributed by atoms with Gasteiger partial charge in [0.25, 0.3) is 0 Å². The van der Waals surface area contributed by atoms with Crippen LogP contribution in [-0.2, 0) is 6.42 Å². The van der Waals surface area contributed by atoms with Crippen LogP contribution < -0.4 is 5.73 Å². The minimum absolute atomic E-state index is 0.168. The Kier molecular flexibility index (Phi) is 4.34. The maximum absolute atomic E-state index is 12.5. The number of fused-ring (bicyclic) bond motifs is 1. The average molecular weight is 331 g/mol. The summed E-state index contributed by atoms with van der Waals surface area (Å²) in [6.45, 7) is 0. The molecule has 0 saturated heterocycles. The highest BCUT2D eigenvalue weighted by molar-refractivity contribution is 7.80. The van der Waals surface area contributed by atoms with E-state index in [9.17, 15) is 8.78 Å². The van der Waals surface area contributed by atoms with E-state index in [2.05, 4.69) is 9.97 Å². The van der Waals surface area contributed by atoms with Crippen LogP contribution in [0.3, 0.4) is 0 Å². The van der Waals surface area contributed by atoms with Gasteiger partial charge in [0.15, 0.2) is 0 Å². The summed E-state index contributed by atoms with van der Waals surface area (Å²) >= 11 is 5.02. The predicted octanol–water partition coefficient (Wildman–Crippen LogP) is 4.06. The minimum Gasteiger partial charge on any atom is -0.389 e. The molecule has 0 amide bonds. The van der Waals surface area contributed by atoms with Gasteiger partial charge in [0.2, 0.25) is 6.43 Å². The van der Waals surface area contributed by atoms with Gasteiger partial charge < -0.3 is 10.7 Å². The second kappa shape index (κ2) is 6.42. The fourth-order valence-electron chi connectivity index (χ4n) is 2.64. The fourth-order valence-corrected chi connectivity index (χ4v) is 2.76. The average Bonchev–Trinajstić information content (AvgIpc) is 3.02. The summed E-state index contributed by atoms with van der Waals surface area (Å²) in [6.07, 6.45) is -0.604. The summed E-state index contributed by atoms with van der Waals surface area (Å²) in [5.74, 6) is 0. The van der Waals surface area contributed by atoms with Gasteiger partial charge >= 0.3 is 0 Å². The second-order valence-corrected chi connectivity index (χ2v) is 5.71. The molecule has 0 aliphatic rings. The lowest BCUT2D eigenvalue weighted by molar-refractivity contribution is 0.138. The van der Waals surface area contributed by atoms with E-state index in [1.807, 2.05) is 36.4 Å². The number of nitrogens with one attached hydrogen (secondary N) is 1. The zero-order valence-electron chi connectivity index (χ0n) is 12.2. The highest BCUT2D eigenvalue weighted by atomic mass is 32.1. The SMILES string of the molecule is NC(=S)c1cccc(-c2ccc(CCC(F)F)c3nc[nH]c23)c1. The Morgan fingerprint density at radius 2 is 2.09 bits per heavy atom. The number of H-pyrrole nitrogens is 1. The van der Waals surface area contributed by atoms with Gasteiger partial charge in [-0.2, -0.15) is 0 Å². The highest BCUT2D eigenvalue weighted by Crippen LogP contribution is 2.30. The number of rotatable bonds is 5. The van der Waals surface area contributed by atoms with E-state index in [4.69, 9.17) is 18.0 Å². The first kappa shape index (κ1) is 15.6. The molecule has 0 fully saturated rings. The molecule has 3 aromatic rings. The number of hydrogen-bond donors (Lipinski definition) is 2. The summed E-state index contributed by atoms with van der Waals surface area (Å²) in [5.41, 5.74) is 10.7. The van der Waals surface area contributed by atoms with Crippen LogP contribution in [0.15, 0.2) is 42.7 Å². The van der Waals surface area contributed by atoms with Gasteiger partial charge in [-0.05, 0) is 23.6 Å². The van der Waals surface area contributed by atoms with Crippen molar-refractivity contribution in [2.75, 3.05) is 0 Å². The van der Waals surface area contributed by atoms with Crippen LogP contribution in [0.4, 0.5) is 8.78 Å².